The highest BCUT2D eigenvalue weighted by Gasteiger charge is 2.16. The van der Waals surface area contributed by atoms with E-state index in [1.54, 1.807) is 0 Å². The quantitative estimate of drug-likeness (QED) is 0.0207. The first-order valence-corrected chi connectivity index (χ1v) is 22.9. The summed E-state index contributed by atoms with van der Waals surface area (Å²) in [5.74, 6) is -0.593. The molecule has 0 saturated heterocycles. The predicted molar refractivity (Wildman–Crippen MR) is 216 cm³/mol. The van der Waals surface area contributed by atoms with Crippen molar-refractivity contribution >= 4 is 19.8 Å². The van der Waals surface area contributed by atoms with Crippen molar-refractivity contribution in [2.75, 3.05) is 47.5 Å². The summed E-state index contributed by atoms with van der Waals surface area (Å²) in [6.07, 6.45) is 36.9. The average Bonchev–Trinajstić information content (AvgIpc) is 3.09. The van der Waals surface area contributed by atoms with E-state index in [-0.39, 0.29) is 31.8 Å². The number of unbranched alkanes of at least 4 members (excludes halogenated alkanes) is 23. The lowest BCUT2D eigenvalue weighted by Gasteiger charge is -2.25. The minimum Gasteiger partial charge on any atom is -0.756 e. The zero-order chi connectivity index (χ0) is 39.9. The number of carbonyl (C=O) groups excluding carboxylic acids is 2. The van der Waals surface area contributed by atoms with Crippen LogP contribution >= 0.6 is 7.82 Å². The normalized spacial score (nSPS) is 13.4. The highest BCUT2D eigenvalue weighted by Crippen LogP contribution is 2.29. The topological polar surface area (TPSA) is 142 Å². The average molecular weight is 778 g/mol. The third-order valence-corrected chi connectivity index (χ3v) is 9.58. The van der Waals surface area contributed by atoms with E-state index < -0.39 is 13.9 Å². The molecular weight excluding hydrogens is 693 g/mol. The van der Waals surface area contributed by atoms with E-state index in [9.17, 15) is 24.2 Å². The zero-order valence-corrected chi connectivity index (χ0v) is 35.9. The van der Waals surface area contributed by atoms with Gasteiger partial charge in [-0.3, -0.25) is 14.2 Å². The van der Waals surface area contributed by atoms with E-state index in [1.165, 1.54) is 122 Å². The van der Waals surface area contributed by atoms with Crippen molar-refractivity contribution in [1.82, 2.24) is 0 Å². The number of aliphatic hydroxyl groups excluding tert-OH is 1. The molecule has 10 nitrogen and oxygen atoms in total. The van der Waals surface area contributed by atoms with Gasteiger partial charge in [-0.05, 0) is 38.5 Å². The number of esters is 2. The first-order valence-electron chi connectivity index (χ1n) is 21.4. The van der Waals surface area contributed by atoms with Crippen molar-refractivity contribution < 1.29 is 47.5 Å². The number of likely N-dealkylation sites (N-methyl/N-ethyl adjacent to an activating group) is 1. The summed E-state index contributed by atoms with van der Waals surface area (Å²) in [6, 6.07) is 0. The summed E-state index contributed by atoms with van der Waals surface area (Å²) in [5.41, 5.74) is 0. The summed E-state index contributed by atoms with van der Waals surface area (Å²) in [5, 5.41) is 9.52. The van der Waals surface area contributed by atoms with Crippen molar-refractivity contribution in [2.45, 2.75) is 200 Å². The third-order valence-electron chi connectivity index (χ3n) is 9.08. The van der Waals surface area contributed by atoms with Gasteiger partial charge in [0.2, 0.25) is 0 Å². The van der Waals surface area contributed by atoms with Gasteiger partial charge in [-0.15, -0.1) is 0 Å². The molecule has 11 heteroatoms. The standard InChI is InChI=1S/C37H70O5.C5H14NO4P/c1-3-5-7-9-11-13-15-17-18-20-22-24-26-28-30-32-37(40)42-35(33-38)34-41-36(39)31-29-27-25-23-21-19-16-14-12-10-8-6-4-2;1-6(2,3)4-5-10-11(7,8)9/h17-18,35,38H,3-16,19-34H2,1-2H3;4-5H2,1-3H3,(H-,7,8,9)/b18-17-;/t35-;/m0./s1. The molecule has 2 N–H and O–H groups in total. The van der Waals surface area contributed by atoms with Gasteiger partial charge < -0.3 is 33.4 Å². The van der Waals surface area contributed by atoms with Crippen LogP contribution in [-0.2, 0) is 28.2 Å². The van der Waals surface area contributed by atoms with Gasteiger partial charge in [0.25, 0.3) is 7.82 Å². The molecule has 0 rings (SSSR count). The Morgan fingerprint density at radius 3 is 1.40 bits per heavy atom. The van der Waals surface area contributed by atoms with Crippen LogP contribution < -0.4 is 4.89 Å². The van der Waals surface area contributed by atoms with Gasteiger partial charge in [-0.25, -0.2) is 0 Å². The SMILES string of the molecule is CCCCCCCC/C=C\CCCCCCCC(=O)O[C@@H](CO)COC(=O)CCCCCCCCCCCCCCC.C[N+](C)(C)CCOP(=O)([O-])O. The molecule has 0 radical (unpaired) electrons. The minimum atomic E-state index is -4.51. The van der Waals surface area contributed by atoms with Crippen LogP contribution in [0.5, 0.6) is 0 Å². The van der Waals surface area contributed by atoms with E-state index >= 15 is 0 Å². The number of hydrogen-bond acceptors (Lipinski definition) is 8. The van der Waals surface area contributed by atoms with Crippen LogP contribution in [-0.4, -0.2) is 80.0 Å². The number of aliphatic hydroxyl groups is 1. The Balaban J connectivity index is 0. The van der Waals surface area contributed by atoms with E-state index in [1.807, 2.05) is 21.1 Å². The lowest BCUT2D eigenvalue weighted by molar-refractivity contribution is -0.870. The number of phosphoric acid groups is 1. The van der Waals surface area contributed by atoms with Crippen molar-refractivity contribution in [3.8, 4) is 0 Å². The van der Waals surface area contributed by atoms with Crippen LogP contribution in [0, 0.1) is 0 Å². The summed E-state index contributed by atoms with van der Waals surface area (Å²) in [7, 11) is 1.19. The van der Waals surface area contributed by atoms with Crippen LogP contribution in [0.1, 0.15) is 194 Å². The Hall–Kier alpha value is -1.29. The maximum absolute atomic E-state index is 12.1. The van der Waals surface area contributed by atoms with Gasteiger partial charge in [-0.2, -0.15) is 0 Å². The monoisotopic (exact) mass is 778 g/mol. The van der Waals surface area contributed by atoms with Crippen LogP contribution in [0.4, 0.5) is 0 Å². The molecule has 0 bridgehead atoms. The van der Waals surface area contributed by atoms with E-state index in [4.69, 9.17) is 14.4 Å². The molecule has 1 unspecified atom stereocenters. The van der Waals surface area contributed by atoms with Crippen molar-refractivity contribution in [3.63, 3.8) is 0 Å². The molecule has 316 valence electrons. The number of allylic oxidation sites excluding steroid dienone is 2. The Morgan fingerprint density at radius 2 is 1.02 bits per heavy atom. The molecule has 0 amide bonds. The van der Waals surface area contributed by atoms with Crippen LogP contribution in [0.2, 0.25) is 0 Å². The first kappa shape index (κ1) is 53.8. The molecule has 0 saturated carbocycles. The number of phosphoric ester groups is 1. The number of ether oxygens (including phenoxy) is 2. The second kappa shape index (κ2) is 39.0. The van der Waals surface area contributed by atoms with Crippen LogP contribution in [0.15, 0.2) is 12.2 Å². The highest BCUT2D eigenvalue weighted by molar-refractivity contribution is 7.44. The fourth-order valence-corrected chi connectivity index (χ4v) is 6.00. The van der Waals surface area contributed by atoms with E-state index in [0.717, 1.165) is 44.9 Å². The molecule has 2 atom stereocenters. The van der Waals surface area contributed by atoms with Crippen molar-refractivity contribution in [3.05, 3.63) is 12.2 Å². The van der Waals surface area contributed by atoms with E-state index in [0.29, 0.717) is 23.9 Å². The van der Waals surface area contributed by atoms with Gasteiger partial charge in [-0.1, -0.05) is 154 Å². The second-order valence-corrected chi connectivity index (χ2v) is 16.8. The minimum absolute atomic E-state index is 0.0147. The van der Waals surface area contributed by atoms with Gasteiger partial charge in [0, 0.05) is 12.8 Å². The predicted octanol–water partition coefficient (Wildman–Crippen LogP) is 10.1. The zero-order valence-electron chi connectivity index (χ0n) is 35.0. The number of hydrogen-bond donors (Lipinski definition) is 2. The third kappa shape index (κ3) is 48.7. The number of quaternary nitrogens is 1. The van der Waals surface area contributed by atoms with Gasteiger partial charge in [0.15, 0.2) is 6.10 Å². The van der Waals surface area contributed by atoms with Gasteiger partial charge in [0.1, 0.15) is 19.8 Å². The summed E-state index contributed by atoms with van der Waals surface area (Å²) in [6.45, 7) is 4.67. The molecule has 0 heterocycles. The molecule has 0 aromatic heterocycles. The highest BCUT2D eigenvalue weighted by atomic mass is 31.2. The second-order valence-electron chi connectivity index (χ2n) is 15.6. The molecule has 0 fully saturated rings. The van der Waals surface area contributed by atoms with Crippen LogP contribution in [0.25, 0.3) is 0 Å². The fourth-order valence-electron chi connectivity index (χ4n) is 5.68. The maximum Gasteiger partial charge on any atom is 0.306 e. The molecule has 0 aliphatic heterocycles. The lowest BCUT2D eigenvalue weighted by Crippen LogP contribution is -2.37. The number of carbonyl (C=O) groups is 2. The molecule has 0 aliphatic carbocycles. The largest absolute Gasteiger partial charge is 0.756 e. The number of rotatable bonds is 37. The number of nitrogens with zero attached hydrogens (tertiary/aromatic N) is 1. The molecule has 0 aliphatic rings. The van der Waals surface area contributed by atoms with Gasteiger partial charge >= 0.3 is 11.9 Å². The van der Waals surface area contributed by atoms with Gasteiger partial charge in [0.05, 0.1) is 27.7 Å². The fraction of sp³-hybridized carbons (Fsp3) is 0.905. The smallest absolute Gasteiger partial charge is 0.306 e. The lowest BCUT2D eigenvalue weighted by atomic mass is 10.0. The Bertz CT molecular complexity index is 888. The molecule has 0 spiro atoms. The Labute approximate surface area is 326 Å². The van der Waals surface area contributed by atoms with Crippen molar-refractivity contribution in [1.29, 1.82) is 0 Å². The Kier molecular flexibility index (Phi) is 39.6. The van der Waals surface area contributed by atoms with Crippen LogP contribution in [0.3, 0.4) is 0 Å². The maximum atomic E-state index is 12.1. The first-order chi connectivity index (χ1) is 25.3. The molecule has 0 aromatic rings. The molecule has 0 aromatic carbocycles. The summed E-state index contributed by atoms with van der Waals surface area (Å²) < 4.78 is 25.4. The summed E-state index contributed by atoms with van der Waals surface area (Å²) in [4.78, 5) is 42.4. The molecular formula is C42H84NO9P. The van der Waals surface area contributed by atoms with E-state index in [2.05, 4.69) is 30.5 Å². The molecule has 53 heavy (non-hydrogen) atoms. The summed E-state index contributed by atoms with van der Waals surface area (Å²) >= 11 is 0. The Morgan fingerprint density at radius 1 is 0.642 bits per heavy atom. The van der Waals surface area contributed by atoms with Crippen molar-refractivity contribution in [2.24, 2.45) is 0 Å².